The van der Waals surface area contributed by atoms with Crippen LogP contribution in [0.3, 0.4) is 0 Å². The number of rotatable bonds is 1. The van der Waals surface area contributed by atoms with Crippen LogP contribution in [0.1, 0.15) is 26.3 Å². The standard InChI is InChI=1S/C16H23ClN2O2/c1-12-6-5-7-13(14(12)17)18-8-10-19(11-9-18)15(20)21-16(2,3)4/h5-7H,8-11H2,1-4H3. The van der Waals surface area contributed by atoms with Crippen LogP contribution < -0.4 is 4.90 Å². The molecule has 0 bridgehead atoms. The zero-order valence-electron chi connectivity index (χ0n) is 13.1. The van der Waals surface area contributed by atoms with Crippen LogP contribution in [0.5, 0.6) is 0 Å². The molecule has 0 aromatic heterocycles. The van der Waals surface area contributed by atoms with Gasteiger partial charge in [0.1, 0.15) is 5.60 Å². The highest BCUT2D eigenvalue weighted by molar-refractivity contribution is 6.34. The zero-order chi connectivity index (χ0) is 15.6. The average Bonchev–Trinajstić information content (AvgIpc) is 2.40. The molecule has 0 atom stereocenters. The van der Waals surface area contributed by atoms with E-state index < -0.39 is 5.60 Å². The summed E-state index contributed by atoms with van der Waals surface area (Å²) in [7, 11) is 0. The van der Waals surface area contributed by atoms with Gasteiger partial charge in [0.15, 0.2) is 0 Å². The highest BCUT2D eigenvalue weighted by Gasteiger charge is 2.26. The van der Waals surface area contributed by atoms with Gasteiger partial charge < -0.3 is 14.5 Å². The van der Waals surface area contributed by atoms with Gasteiger partial charge in [0, 0.05) is 26.2 Å². The number of halogens is 1. The van der Waals surface area contributed by atoms with Crippen LogP contribution in [0.25, 0.3) is 0 Å². The molecule has 1 aliphatic rings. The third kappa shape index (κ3) is 4.03. The third-order valence-corrected chi connectivity index (χ3v) is 3.94. The molecule has 5 heteroatoms. The molecule has 0 aliphatic carbocycles. The first kappa shape index (κ1) is 16.0. The summed E-state index contributed by atoms with van der Waals surface area (Å²) in [5.74, 6) is 0. The molecule has 0 spiro atoms. The summed E-state index contributed by atoms with van der Waals surface area (Å²) in [4.78, 5) is 16.0. The van der Waals surface area contributed by atoms with Crippen LogP contribution in [0.15, 0.2) is 18.2 Å². The first-order valence-electron chi connectivity index (χ1n) is 7.26. The summed E-state index contributed by atoms with van der Waals surface area (Å²) >= 11 is 6.37. The second-order valence-corrected chi connectivity index (χ2v) is 6.74. The van der Waals surface area contributed by atoms with Crippen molar-refractivity contribution in [1.82, 2.24) is 4.90 Å². The molecule has 2 rings (SSSR count). The number of piperazine rings is 1. The van der Waals surface area contributed by atoms with Crippen molar-refractivity contribution >= 4 is 23.4 Å². The topological polar surface area (TPSA) is 32.8 Å². The predicted octanol–water partition coefficient (Wildman–Crippen LogP) is 3.71. The Morgan fingerprint density at radius 2 is 1.81 bits per heavy atom. The van der Waals surface area contributed by atoms with E-state index in [1.165, 1.54) is 0 Å². The molecule has 4 nitrogen and oxygen atoms in total. The Kier molecular flexibility index (Phi) is 4.67. The average molecular weight is 311 g/mol. The second kappa shape index (κ2) is 6.14. The lowest BCUT2D eigenvalue weighted by Crippen LogP contribution is -2.50. The molecule has 1 aromatic carbocycles. The van der Waals surface area contributed by atoms with E-state index in [2.05, 4.69) is 4.90 Å². The van der Waals surface area contributed by atoms with E-state index in [-0.39, 0.29) is 6.09 Å². The molecule has 0 unspecified atom stereocenters. The number of aryl methyl sites for hydroxylation is 1. The largest absolute Gasteiger partial charge is 0.444 e. The summed E-state index contributed by atoms with van der Waals surface area (Å²) < 4.78 is 5.40. The van der Waals surface area contributed by atoms with Gasteiger partial charge in [0.25, 0.3) is 0 Å². The van der Waals surface area contributed by atoms with Crippen LogP contribution in [0.2, 0.25) is 5.02 Å². The number of nitrogens with zero attached hydrogens (tertiary/aromatic N) is 2. The maximum absolute atomic E-state index is 12.0. The van der Waals surface area contributed by atoms with Gasteiger partial charge in [-0.25, -0.2) is 4.79 Å². The van der Waals surface area contributed by atoms with E-state index in [1.54, 1.807) is 4.90 Å². The molecule has 116 valence electrons. The van der Waals surface area contributed by atoms with Crippen molar-refractivity contribution in [3.8, 4) is 0 Å². The molecule has 0 N–H and O–H groups in total. The Morgan fingerprint density at radius 1 is 1.19 bits per heavy atom. The van der Waals surface area contributed by atoms with Gasteiger partial charge in [0.2, 0.25) is 0 Å². The molecule has 0 saturated carbocycles. The normalized spacial score (nSPS) is 16.0. The fourth-order valence-corrected chi connectivity index (χ4v) is 2.58. The molecule has 1 fully saturated rings. The number of hydrogen-bond donors (Lipinski definition) is 0. The number of amides is 1. The lowest BCUT2D eigenvalue weighted by molar-refractivity contribution is 0.0240. The van der Waals surface area contributed by atoms with Crippen molar-refractivity contribution < 1.29 is 9.53 Å². The summed E-state index contributed by atoms with van der Waals surface area (Å²) in [6.07, 6.45) is -0.238. The van der Waals surface area contributed by atoms with E-state index in [0.29, 0.717) is 13.1 Å². The Morgan fingerprint density at radius 3 is 2.38 bits per heavy atom. The van der Waals surface area contributed by atoms with Crippen LogP contribution in [-0.4, -0.2) is 42.8 Å². The number of hydrogen-bond acceptors (Lipinski definition) is 3. The van der Waals surface area contributed by atoms with Crippen LogP contribution >= 0.6 is 11.6 Å². The molecular weight excluding hydrogens is 288 g/mol. The van der Waals surface area contributed by atoms with Crippen molar-refractivity contribution in [2.45, 2.75) is 33.3 Å². The van der Waals surface area contributed by atoms with Crippen molar-refractivity contribution in [2.75, 3.05) is 31.1 Å². The second-order valence-electron chi connectivity index (χ2n) is 6.36. The van der Waals surface area contributed by atoms with Crippen LogP contribution in [0, 0.1) is 6.92 Å². The first-order valence-corrected chi connectivity index (χ1v) is 7.64. The van der Waals surface area contributed by atoms with Gasteiger partial charge in [-0.05, 0) is 39.3 Å². The molecule has 1 amide bonds. The minimum atomic E-state index is -0.450. The lowest BCUT2D eigenvalue weighted by Gasteiger charge is -2.37. The number of carbonyl (C=O) groups is 1. The highest BCUT2D eigenvalue weighted by atomic mass is 35.5. The predicted molar refractivity (Wildman–Crippen MR) is 86.2 cm³/mol. The van der Waals surface area contributed by atoms with Crippen LogP contribution in [0.4, 0.5) is 10.5 Å². The van der Waals surface area contributed by atoms with E-state index >= 15 is 0 Å². The van der Waals surface area contributed by atoms with Crippen molar-refractivity contribution in [1.29, 1.82) is 0 Å². The van der Waals surface area contributed by atoms with Gasteiger partial charge in [0.05, 0.1) is 10.7 Å². The Hall–Kier alpha value is -1.42. The van der Waals surface area contributed by atoms with Gasteiger partial charge in [-0.15, -0.1) is 0 Å². The minimum absolute atomic E-state index is 0.238. The van der Waals surface area contributed by atoms with Gasteiger partial charge in [-0.3, -0.25) is 0 Å². The fourth-order valence-electron chi connectivity index (χ4n) is 2.33. The maximum Gasteiger partial charge on any atom is 0.410 e. The third-order valence-electron chi connectivity index (χ3n) is 3.44. The van der Waals surface area contributed by atoms with E-state index in [4.69, 9.17) is 16.3 Å². The quantitative estimate of drug-likeness (QED) is 0.793. The first-order chi connectivity index (χ1) is 9.78. The maximum atomic E-state index is 12.0. The molecule has 1 aliphatic heterocycles. The van der Waals surface area contributed by atoms with Crippen molar-refractivity contribution in [2.24, 2.45) is 0 Å². The smallest absolute Gasteiger partial charge is 0.410 e. The van der Waals surface area contributed by atoms with Crippen molar-refractivity contribution in [3.05, 3.63) is 28.8 Å². The Bertz CT molecular complexity index is 517. The summed E-state index contributed by atoms with van der Waals surface area (Å²) in [5.41, 5.74) is 1.66. The van der Waals surface area contributed by atoms with E-state index in [0.717, 1.165) is 29.4 Å². The molecule has 21 heavy (non-hydrogen) atoms. The van der Waals surface area contributed by atoms with Gasteiger partial charge >= 0.3 is 6.09 Å². The highest BCUT2D eigenvalue weighted by Crippen LogP contribution is 2.29. The monoisotopic (exact) mass is 310 g/mol. The lowest BCUT2D eigenvalue weighted by atomic mass is 10.2. The van der Waals surface area contributed by atoms with E-state index in [1.807, 2.05) is 45.9 Å². The molecule has 1 saturated heterocycles. The molecular formula is C16H23ClN2O2. The number of benzene rings is 1. The molecule has 0 radical (unpaired) electrons. The van der Waals surface area contributed by atoms with Gasteiger partial charge in [-0.1, -0.05) is 23.7 Å². The number of ether oxygens (including phenoxy) is 1. The number of anilines is 1. The fraction of sp³-hybridized carbons (Fsp3) is 0.562. The van der Waals surface area contributed by atoms with Crippen molar-refractivity contribution in [3.63, 3.8) is 0 Å². The van der Waals surface area contributed by atoms with Crippen LogP contribution in [-0.2, 0) is 4.74 Å². The van der Waals surface area contributed by atoms with E-state index in [9.17, 15) is 4.79 Å². The Balaban J connectivity index is 1.97. The van der Waals surface area contributed by atoms with Gasteiger partial charge in [-0.2, -0.15) is 0 Å². The SMILES string of the molecule is Cc1cccc(N2CCN(C(=O)OC(C)(C)C)CC2)c1Cl. The Labute approximate surface area is 131 Å². The summed E-state index contributed by atoms with van der Waals surface area (Å²) in [6.45, 7) is 10.5. The molecule has 1 aromatic rings. The number of carbonyl (C=O) groups excluding carboxylic acids is 1. The molecule has 1 heterocycles. The summed E-state index contributed by atoms with van der Waals surface area (Å²) in [6, 6.07) is 6.04. The summed E-state index contributed by atoms with van der Waals surface area (Å²) in [5, 5.41) is 0.795. The zero-order valence-corrected chi connectivity index (χ0v) is 13.9. The minimum Gasteiger partial charge on any atom is -0.444 e.